The topological polar surface area (TPSA) is 30.0 Å². The predicted molar refractivity (Wildman–Crippen MR) is 92.7 cm³/mol. The Hall–Kier alpha value is -1.00. The van der Waals surface area contributed by atoms with Crippen LogP contribution in [0.4, 0.5) is 4.39 Å². The molecule has 0 saturated heterocycles. The number of nitrogens with zero attached hydrogens (tertiary/aromatic N) is 1. The molecule has 2 nitrogen and oxygen atoms in total. The van der Waals surface area contributed by atoms with Crippen LogP contribution in [0.1, 0.15) is 18.1 Å². The van der Waals surface area contributed by atoms with E-state index in [0.29, 0.717) is 5.15 Å². The highest BCUT2D eigenvalue weighted by molar-refractivity contribution is 6.77. The Balaban J connectivity index is 2.56. The molecule has 0 amide bonds. The molecule has 0 radical (unpaired) electrons. The summed E-state index contributed by atoms with van der Waals surface area (Å²) in [7, 11) is -1.71. The van der Waals surface area contributed by atoms with E-state index in [9.17, 15) is 4.79 Å². The lowest BCUT2D eigenvalue weighted by atomic mass is 9.78. The number of halogens is 2. The van der Waals surface area contributed by atoms with Gasteiger partial charge in [0.05, 0.1) is 14.0 Å². The van der Waals surface area contributed by atoms with Crippen molar-refractivity contribution >= 4 is 31.5 Å². The molecule has 22 heavy (non-hydrogen) atoms. The first-order chi connectivity index (χ1) is 10.2. The standard InChI is InChI=1S/C17H23ClFNOSi/c1-10-8-13(12-6-7-20-17(18)11(12)2)14(9-21)15(19)16(10)22(3,4)5/h6-10,14-16H,1-5H3/t10?,14?,15?,16-/m0/s1. The van der Waals surface area contributed by atoms with E-state index < -0.39 is 20.2 Å². The fourth-order valence-electron chi connectivity index (χ4n) is 3.69. The van der Waals surface area contributed by atoms with Crippen molar-refractivity contribution < 1.29 is 9.18 Å². The molecule has 3 unspecified atom stereocenters. The van der Waals surface area contributed by atoms with Gasteiger partial charge in [-0.25, -0.2) is 9.37 Å². The van der Waals surface area contributed by atoms with Gasteiger partial charge in [-0.1, -0.05) is 44.2 Å². The van der Waals surface area contributed by atoms with Crippen LogP contribution in [0, 0.1) is 18.8 Å². The van der Waals surface area contributed by atoms with Gasteiger partial charge in [-0.2, -0.15) is 0 Å². The van der Waals surface area contributed by atoms with Gasteiger partial charge in [0, 0.05) is 6.20 Å². The molecule has 0 bridgehead atoms. The van der Waals surface area contributed by atoms with Gasteiger partial charge in [-0.15, -0.1) is 0 Å². The van der Waals surface area contributed by atoms with E-state index in [1.165, 1.54) is 0 Å². The van der Waals surface area contributed by atoms with E-state index in [-0.39, 0.29) is 11.5 Å². The summed E-state index contributed by atoms with van der Waals surface area (Å²) in [6.45, 7) is 10.4. The molecule has 5 heteroatoms. The minimum absolute atomic E-state index is 0.0518. The molecule has 2 rings (SSSR count). The lowest BCUT2D eigenvalue weighted by Crippen LogP contribution is -2.44. The average molecular weight is 340 g/mol. The second-order valence-corrected chi connectivity index (χ2v) is 13.0. The Labute approximate surface area is 137 Å². The first-order valence-corrected chi connectivity index (χ1v) is 11.6. The van der Waals surface area contributed by atoms with Crippen molar-refractivity contribution in [3.05, 3.63) is 34.6 Å². The molecule has 0 aliphatic heterocycles. The minimum atomic E-state index is -1.71. The average Bonchev–Trinajstić information content (AvgIpc) is 2.39. The highest BCUT2D eigenvalue weighted by atomic mass is 35.5. The van der Waals surface area contributed by atoms with Crippen molar-refractivity contribution in [2.75, 3.05) is 0 Å². The number of carbonyl (C=O) groups excluding carboxylic acids is 1. The molecule has 0 fully saturated rings. The number of alkyl halides is 1. The third-order valence-electron chi connectivity index (χ3n) is 4.65. The van der Waals surface area contributed by atoms with Crippen LogP contribution in [0.3, 0.4) is 0 Å². The Bertz CT molecular complexity index is 611. The SMILES string of the molecule is Cc1c(C2=CC(C)[C@H]([Si](C)(C)C)C(F)C2C=O)ccnc1Cl. The Morgan fingerprint density at radius 3 is 2.55 bits per heavy atom. The molecule has 1 aliphatic carbocycles. The van der Waals surface area contributed by atoms with Gasteiger partial charge >= 0.3 is 0 Å². The van der Waals surface area contributed by atoms with Crippen LogP contribution in [-0.4, -0.2) is 25.5 Å². The van der Waals surface area contributed by atoms with Gasteiger partial charge < -0.3 is 4.79 Å². The lowest BCUT2D eigenvalue weighted by Gasteiger charge is -2.42. The monoisotopic (exact) mass is 339 g/mol. The summed E-state index contributed by atoms with van der Waals surface area (Å²) in [4.78, 5) is 15.7. The van der Waals surface area contributed by atoms with Gasteiger partial charge in [-0.3, -0.25) is 0 Å². The molecular formula is C17H23ClFNOSi. The number of rotatable bonds is 3. The Morgan fingerprint density at radius 1 is 1.36 bits per heavy atom. The maximum Gasteiger partial charge on any atom is 0.132 e. The van der Waals surface area contributed by atoms with Crippen molar-refractivity contribution in [1.29, 1.82) is 0 Å². The molecular weight excluding hydrogens is 317 g/mol. The van der Waals surface area contributed by atoms with E-state index in [2.05, 4.69) is 37.6 Å². The van der Waals surface area contributed by atoms with Crippen molar-refractivity contribution in [2.24, 2.45) is 11.8 Å². The zero-order valence-corrected chi connectivity index (χ0v) is 15.5. The van der Waals surface area contributed by atoms with E-state index in [0.717, 1.165) is 23.0 Å². The Morgan fingerprint density at radius 2 is 2.00 bits per heavy atom. The first-order valence-electron chi connectivity index (χ1n) is 7.61. The number of aromatic nitrogens is 1. The number of hydrogen-bond donors (Lipinski definition) is 0. The van der Waals surface area contributed by atoms with E-state index in [1.807, 2.05) is 13.0 Å². The van der Waals surface area contributed by atoms with Crippen molar-refractivity contribution in [3.8, 4) is 0 Å². The molecule has 1 aromatic heterocycles. The summed E-state index contributed by atoms with van der Waals surface area (Å²) >= 11 is 6.08. The number of hydrogen-bond acceptors (Lipinski definition) is 2. The predicted octanol–water partition coefficient (Wildman–Crippen LogP) is 4.94. The highest BCUT2D eigenvalue weighted by Gasteiger charge is 2.45. The summed E-state index contributed by atoms with van der Waals surface area (Å²) in [5, 5.41) is 0.401. The summed E-state index contributed by atoms with van der Waals surface area (Å²) < 4.78 is 15.1. The molecule has 1 aromatic rings. The fourth-order valence-corrected chi connectivity index (χ4v) is 6.68. The normalized spacial score (nSPS) is 29.1. The zero-order valence-electron chi connectivity index (χ0n) is 13.7. The van der Waals surface area contributed by atoms with Crippen LogP contribution >= 0.6 is 11.6 Å². The molecule has 0 spiro atoms. The van der Waals surface area contributed by atoms with Crippen LogP contribution in [0.15, 0.2) is 18.3 Å². The third kappa shape index (κ3) is 3.04. The van der Waals surface area contributed by atoms with Crippen LogP contribution < -0.4 is 0 Å². The van der Waals surface area contributed by atoms with Crippen LogP contribution in [0.5, 0.6) is 0 Å². The molecule has 0 aromatic carbocycles. The molecule has 1 aliphatic rings. The van der Waals surface area contributed by atoms with Gasteiger partial charge in [0.15, 0.2) is 0 Å². The maximum atomic E-state index is 15.1. The second kappa shape index (κ2) is 6.24. The number of aldehydes is 1. The molecule has 120 valence electrons. The van der Waals surface area contributed by atoms with E-state index in [1.54, 1.807) is 6.20 Å². The summed E-state index contributed by atoms with van der Waals surface area (Å²) in [6, 6.07) is 1.82. The molecule has 4 atom stereocenters. The second-order valence-electron chi connectivity index (χ2n) is 7.25. The zero-order chi connectivity index (χ0) is 16.7. The largest absolute Gasteiger partial charge is 0.303 e. The molecule has 1 heterocycles. The summed E-state index contributed by atoms with van der Waals surface area (Å²) in [6.07, 6.45) is 3.29. The van der Waals surface area contributed by atoms with Crippen LogP contribution in [-0.2, 0) is 4.79 Å². The minimum Gasteiger partial charge on any atom is -0.303 e. The fraction of sp³-hybridized carbons (Fsp3) is 0.529. The summed E-state index contributed by atoms with van der Waals surface area (Å²) in [5.74, 6) is -0.607. The number of allylic oxidation sites excluding steroid dienone is 2. The number of pyridine rings is 1. The van der Waals surface area contributed by atoms with Crippen LogP contribution in [0.25, 0.3) is 5.57 Å². The quantitative estimate of drug-likeness (QED) is 0.443. The Kier molecular flexibility index (Phi) is 4.92. The first kappa shape index (κ1) is 17.4. The van der Waals surface area contributed by atoms with Gasteiger partial charge in [0.2, 0.25) is 0 Å². The van der Waals surface area contributed by atoms with Crippen molar-refractivity contribution in [1.82, 2.24) is 4.98 Å². The van der Waals surface area contributed by atoms with Gasteiger partial charge in [0.25, 0.3) is 0 Å². The number of carbonyl (C=O) groups is 1. The summed E-state index contributed by atoms with van der Waals surface area (Å²) in [5.41, 5.74) is 2.34. The van der Waals surface area contributed by atoms with Crippen molar-refractivity contribution in [2.45, 2.75) is 45.2 Å². The van der Waals surface area contributed by atoms with E-state index >= 15 is 4.39 Å². The maximum absolute atomic E-state index is 15.1. The molecule has 0 saturated carbocycles. The van der Waals surface area contributed by atoms with Crippen molar-refractivity contribution in [3.63, 3.8) is 0 Å². The lowest BCUT2D eigenvalue weighted by molar-refractivity contribution is -0.111. The van der Waals surface area contributed by atoms with Gasteiger partial charge in [0.1, 0.15) is 17.6 Å². The molecule has 0 N–H and O–H groups in total. The van der Waals surface area contributed by atoms with Crippen LogP contribution in [0.2, 0.25) is 30.3 Å². The van der Waals surface area contributed by atoms with Gasteiger partial charge in [-0.05, 0) is 41.1 Å². The highest BCUT2D eigenvalue weighted by Crippen LogP contribution is 2.47. The third-order valence-corrected chi connectivity index (χ3v) is 7.88. The van der Waals surface area contributed by atoms with E-state index in [4.69, 9.17) is 11.6 Å². The smallest absolute Gasteiger partial charge is 0.132 e.